The first-order chi connectivity index (χ1) is 11.2. The first kappa shape index (κ1) is 15.5. The van der Waals surface area contributed by atoms with Gasteiger partial charge in [-0.15, -0.1) is 0 Å². The van der Waals surface area contributed by atoms with Gasteiger partial charge >= 0.3 is 0 Å². The van der Waals surface area contributed by atoms with Crippen LogP contribution in [0.25, 0.3) is 11.3 Å². The second-order valence-corrected chi connectivity index (χ2v) is 5.98. The van der Waals surface area contributed by atoms with Gasteiger partial charge in [0.05, 0.1) is 5.69 Å². The zero-order valence-electron chi connectivity index (χ0n) is 13.6. The van der Waals surface area contributed by atoms with Crippen molar-refractivity contribution >= 4 is 11.7 Å². The molecule has 0 spiro atoms. The molecule has 1 saturated heterocycles. The molecule has 1 amide bonds. The van der Waals surface area contributed by atoms with E-state index in [4.69, 9.17) is 0 Å². The molecular weight excluding hydrogens is 288 g/mol. The number of likely N-dealkylation sites (tertiary alicyclic amines) is 1. The van der Waals surface area contributed by atoms with Crippen LogP contribution in [0.4, 0.5) is 5.82 Å². The number of carbonyl (C=O) groups is 1. The van der Waals surface area contributed by atoms with Crippen LogP contribution in [0.1, 0.15) is 29.6 Å². The zero-order valence-corrected chi connectivity index (χ0v) is 13.6. The van der Waals surface area contributed by atoms with E-state index in [0.29, 0.717) is 17.1 Å². The van der Waals surface area contributed by atoms with Crippen LogP contribution in [0.2, 0.25) is 0 Å². The Morgan fingerprint density at radius 1 is 1.09 bits per heavy atom. The van der Waals surface area contributed by atoms with Crippen molar-refractivity contribution in [3.05, 3.63) is 42.2 Å². The molecule has 0 N–H and O–H groups in total. The van der Waals surface area contributed by atoms with E-state index in [-0.39, 0.29) is 5.91 Å². The summed E-state index contributed by atoms with van der Waals surface area (Å²) in [5.74, 6) is 0.635. The van der Waals surface area contributed by atoms with Crippen LogP contribution in [0.5, 0.6) is 0 Å². The highest BCUT2D eigenvalue weighted by Gasteiger charge is 2.26. The SMILES string of the molecule is CN(C)c1n[c]nc(-c2ccccc2)c1C(=O)N1CCCCC1. The van der Waals surface area contributed by atoms with Gasteiger partial charge in [-0.25, -0.2) is 9.97 Å². The van der Waals surface area contributed by atoms with Crippen molar-refractivity contribution in [3.63, 3.8) is 0 Å². The first-order valence-electron chi connectivity index (χ1n) is 7.98. The number of hydrogen-bond donors (Lipinski definition) is 0. The molecule has 1 aromatic carbocycles. The predicted molar refractivity (Wildman–Crippen MR) is 90.4 cm³/mol. The van der Waals surface area contributed by atoms with Gasteiger partial charge in [0.15, 0.2) is 6.33 Å². The Morgan fingerprint density at radius 2 is 1.78 bits per heavy atom. The molecule has 119 valence electrons. The maximum atomic E-state index is 13.1. The summed E-state index contributed by atoms with van der Waals surface area (Å²) in [6.07, 6.45) is 6.00. The fourth-order valence-electron chi connectivity index (χ4n) is 2.92. The molecule has 1 fully saturated rings. The van der Waals surface area contributed by atoms with Gasteiger partial charge in [-0.1, -0.05) is 30.3 Å². The lowest BCUT2D eigenvalue weighted by Gasteiger charge is -2.28. The second-order valence-electron chi connectivity index (χ2n) is 5.98. The minimum Gasteiger partial charge on any atom is -0.362 e. The summed E-state index contributed by atoms with van der Waals surface area (Å²) in [4.78, 5) is 25.4. The molecule has 0 aliphatic carbocycles. The van der Waals surface area contributed by atoms with Crippen LogP contribution in [-0.2, 0) is 0 Å². The molecule has 0 saturated carbocycles. The fraction of sp³-hybridized carbons (Fsp3) is 0.389. The van der Waals surface area contributed by atoms with Gasteiger partial charge in [-0.3, -0.25) is 4.79 Å². The Morgan fingerprint density at radius 3 is 2.43 bits per heavy atom. The number of carbonyl (C=O) groups excluding carboxylic acids is 1. The Hall–Kier alpha value is -2.43. The largest absolute Gasteiger partial charge is 0.362 e. The van der Waals surface area contributed by atoms with Gasteiger partial charge in [0.2, 0.25) is 0 Å². The number of piperidine rings is 1. The number of hydrogen-bond acceptors (Lipinski definition) is 4. The van der Waals surface area contributed by atoms with Crippen LogP contribution in [-0.4, -0.2) is 48.0 Å². The third-order valence-electron chi connectivity index (χ3n) is 4.11. The monoisotopic (exact) mass is 309 g/mol. The van der Waals surface area contributed by atoms with Gasteiger partial charge in [-0.05, 0) is 19.3 Å². The molecule has 1 aliphatic rings. The van der Waals surface area contributed by atoms with Crippen molar-refractivity contribution in [3.8, 4) is 11.3 Å². The summed E-state index contributed by atoms with van der Waals surface area (Å²) in [7, 11) is 3.77. The summed E-state index contributed by atoms with van der Waals surface area (Å²) in [5, 5.41) is 0. The fourth-order valence-corrected chi connectivity index (χ4v) is 2.92. The minimum absolute atomic E-state index is 0.0150. The van der Waals surface area contributed by atoms with E-state index in [0.717, 1.165) is 31.5 Å². The summed E-state index contributed by atoms with van der Waals surface area (Å²) in [5.41, 5.74) is 2.14. The smallest absolute Gasteiger partial charge is 0.259 e. The molecule has 5 heteroatoms. The number of aromatic nitrogens is 2. The van der Waals surface area contributed by atoms with Gasteiger partial charge in [0, 0.05) is 32.7 Å². The number of rotatable bonds is 3. The Bertz CT molecular complexity index is 679. The van der Waals surface area contributed by atoms with E-state index < -0.39 is 0 Å². The number of nitrogens with zero attached hydrogens (tertiary/aromatic N) is 4. The van der Waals surface area contributed by atoms with Gasteiger partial charge in [0.1, 0.15) is 11.4 Å². The predicted octanol–water partition coefficient (Wildman–Crippen LogP) is 2.64. The molecule has 2 heterocycles. The van der Waals surface area contributed by atoms with Crippen molar-refractivity contribution in [1.29, 1.82) is 0 Å². The molecule has 3 rings (SSSR count). The Balaban J connectivity index is 2.10. The van der Waals surface area contributed by atoms with Crippen LogP contribution in [0.15, 0.2) is 30.3 Å². The molecular formula is C18H21N4O. The number of benzene rings is 1. The molecule has 23 heavy (non-hydrogen) atoms. The summed E-state index contributed by atoms with van der Waals surface area (Å²) in [6.45, 7) is 1.61. The standard InChI is InChI=1S/C18H21N4O/c1-21(2)17-15(18(23)22-11-7-4-8-12-22)16(19-13-20-17)14-9-5-3-6-10-14/h3,5-6,9-10H,4,7-8,11-12H2,1-2H3. The zero-order chi connectivity index (χ0) is 16.2. The van der Waals surface area contributed by atoms with E-state index >= 15 is 0 Å². The average molecular weight is 309 g/mol. The topological polar surface area (TPSA) is 49.3 Å². The molecule has 0 bridgehead atoms. The van der Waals surface area contributed by atoms with Crippen molar-refractivity contribution in [2.45, 2.75) is 19.3 Å². The van der Waals surface area contributed by atoms with Crippen molar-refractivity contribution in [2.75, 3.05) is 32.1 Å². The molecule has 1 radical (unpaired) electrons. The number of anilines is 1. The first-order valence-corrected chi connectivity index (χ1v) is 7.98. The summed E-state index contributed by atoms with van der Waals surface area (Å²) >= 11 is 0. The molecule has 0 atom stereocenters. The minimum atomic E-state index is 0.0150. The molecule has 2 aromatic rings. The summed E-state index contributed by atoms with van der Waals surface area (Å²) < 4.78 is 0. The van der Waals surface area contributed by atoms with Crippen LogP contribution in [0, 0.1) is 6.33 Å². The molecule has 5 nitrogen and oxygen atoms in total. The highest BCUT2D eigenvalue weighted by Crippen LogP contribution is 2.28. The average Bonchev–Trinajstić information content (AvgIpc) is 2.62. The van der Waals surface area contributed by atoms with Gasteiger partial charge in [-0.2, -0.15) is 0 Å². The maximum absolute atomic E-state index is 13.1. The third-order valence-corrected chi connectivity index (χ3v) is 4.11. The van der Waals surface area contributed by atoms with E-state index in [1.807, 2.05) is 54.2 Å². The van der Waals surface area contributed by atoms with Crippen LogP contribution in [0.3, 0.4) is 0 Å². The van der Waals surface area contributed by atoms with E-state index in [9.17, 15) is 4.79 Å². The Kier molecular flexibility index (Phi) is 4.55. The maximum Gasteiger partial charge on any atom is 0.259 e. The third kappa shape index (κ3) is 3.18. The lowest BCUT2D eigenvalue weighted by atomic mass is 10.0. The van der Waals surface area contributed by atoms with Crippen molar-refractivity contribution in [1.82, 2.24) is 14.9 Å². The lowest BCUT2D eigenvalue weighted by molar-refractivity contribution is 0.0725. The Labute approximate surface area is 137 Å². The molecule has 1 aromatic heterocycles. The van der Waals surface area contributed by atoms with E-state index in [2.05, 4.69) is 16.3 Å². The normalized spacial score (nSPS) is 14.6. The molecule has 1 aliphatic heterocycles. The molecule has 0 unspecified atom stereocenters. The van der Waals surface area contributed by atoms with E-state index in [1.54, 1.807) is 0 Å². The van der Waals surface area contributed by atoms with Crippen LogP contribution < -0.4 is 4.90 Å². The highest BCUT2D eigenvalue weighted by atomic mass is 16.2. The van der Waals surface area contributed by atoms with Crippen molar-refractivity contribution < 1.29 is 4.79 Å². The number of amides is 1. The van der Waals surface area contributed by atoms with E-state index in [1.165, 1.54) is 6.42 Å². The van der Waals surface area contributed by atoms with Crippen LogP contribution >= 0.6 is 0 Å². The van der Waals surface area contributed by atoms with Gasteiger partial charge in [0.25, 0.3) is 5.91 Å². The van der Waals surface area contributed by atoms with Crippen molar-refractivity contribution in [2.24, 2.45) is 0 Å². The highest BCUT2D eigenvalue weighted by molar-refractivity contribution is 6.04. The second kappa shape index (κ2) is 6.77. The summed E-state index contributed by atoms with van der Waals surface area (Å²) in [6, 6.07) is 9.77. The van der Waals surface area contributed by atoms with Gasteiger partial charge < -0.3 is 9.80 Å². The quantitative estimate of drug-likeness (QED) is 0.874. The lowest BCUT2D eigenvalue weighted by Crippen LogP contribution is -2.37.